The van der Waals surface area contributed by atoms with E-state index in [0.29, 0.717) is 31.1 Å². The maximum absolute atomic E-state index is 13.5. The molecule has 194 valence electrons. The first-order valence-corrected chi connectivity index (χ1v) is 12.8. The predicted octanol–water partition coefficient (Wildman–Crippen LogP) is 5.62. The summed E-state index contributed by atoms with van der Waals surface area (Å²) in [5.41, 5.74) is 3.05. The highest BCUT2D eigenvalue weighted by Crippen LogP contribution is 2.36. The van der Waals surface area contributed by atoms with Gasteiger partial charge in [0.25, 0.3) is 11.6 Å². The maximum Gasteiger partial charge on any atom is 0.269 e. The molecule has 4 rings (SSSR count). The average Bonchev–Trinajstić information content (AvgIpc) is 3.30. The molecule has 2 atom stereocenters. The van der Waals surface area contributed by atoms with Crippen molar-refractivity contribution in [1.29, 1.82) is 0 Å². The number of rotatable bonds is 10. The van der Waals surface area contributed by atoms with Gasteiger partial charge in [-0.05, 0) is 47.2 Å². The van der Waals surface area contributed by atoms with Gasteiger partial charge in [0, 0.05) is 56.3 Å². The zero-order chi connectivity index (χ0) is 26.4. The van der Waals surface area contributed by atoms with E-state index in [9.17, 15) is 14.9 Å². The van der Waals surface area contributed by atoms with Gasteiger partial charge < -0.3 is 9.64 Å². The highest BCUT2D eigenvalue weighted by atomic mass is 16.6. The Balaban J connectivity index is 1.58. The molecule has 2 unspecified atom stereocenters. The second-order valence-corrected chi connectivity index (χ2v) is 10.2. The minimum Gasteiger partial charge on any atom is -0.497 e. The number of carbonyl (C=O) groups is 1. The number of benzene rings is 3. The molecule has 1 fully saturated rings. The molecule has 0 bridgehead atoms. The summed E-state index contributed by atoms with van der Waals surface area (Å²) in [6.45, 7) is 7.99. The van der Waals surface area contributed by atoms with Crippen LogP contribution >= 0.6 is 0 Å². The van der Waals surface area contributed by atoms with Crippen LogP contribution in [0.3, 0.4) is 0 Å². The fraction of sp³-hybridized carbons (Fsp3) is 0.367. The van der Waals surface area contributed by atoms with E-state index in [1.165, 1.54) is 5.56 Å². The molecule has 0 radical (unpaired) electrons. The number of nitro benzene ring substituents is 1. The van der Waals surface area contributed by atoms with Crippen molar-refractivity contribution in [2.45, 2.75) is 26.3 Å². The van der Waals surface area contributed by atoms with Crippen molar-refractivity contribution >= 4 is 11.6 Å². The molecule has 3 aromatic rings. The van der Waals surface area contributed by atoms with Crippen molar-refractivity contribution in [3.8, 4) is 5.75 Å². The summed E-state index contributed by atoms with van der Waals surface area (Å²) in [5.74, 6) is 1.69. The van der Waals surface area contributed by atoms with Crippen LogP contribution in [-0.2, 0) is 6.54 Å². The van der Waals surface area contributed by atoms with E-state index < -0.39 is 0 Å². The Labute approximate surface area is 218 Å². The molecular weight excluding hydrogens is 466 g/mol. The van der Waals surface area contributed by atoms with Gasteiger partial charge in [-0.25, -0.2) is 0 Å². The molecule has 1 saturated heterocycles. The van der Waals surface area contributed by atoms with Crippen LogP contribution in [0, 0.1) is 22.0 Å². The molecule has 0 spiro atoms. The molecular formula is C30H35N3O4. The maximum atomic E-state index is 13.5. The van der Waals surface area contributed by atoms with Gasteiger partial charge in [-0.3, -0.25) is 19.8 Å². The lowest BCUT2D eigenvalue weighted by molar-refractivity contribution is -0.384. The molecule has 0 N–H and O–H groups in total. The third kappa shape index (κ3) is 6.74. The molecule has 1 heterocycles. The number of methoxy groups -OCH3 is 1. The fourth-order valence-electron chi connectivity index (χ4n) is 5.23. The summed E-state index contributed by atoms with van der Waals surface area (Å²) in [4.78, 5) is 28.6. The van der Waals surface area contributed by atoms with E-state index in [1.807, 2.05) is 59.5 Å². The van der Waals surface area contributed by atoms with E-state index in [-0.39, 0.29) is 28.4 Å². The van der Waals surface area contributed by atoms with Gasteiger partial charge >= 0.3 is 0 Å². The zero-order valence-corrected chi connectivity index (χ0v) is 21.7. The topological polar surface area (TPSA) is 75.9 Å². The van der Waals surface area contributed by atoms with E-state index in [0.717, 1.165) is 24.4 Å². The Morgan fingerprint density at radius 1 is 1.05 bits per heavy atom. The number of likely N-dealkylation sites (tertiary alicyclic amines) is 1. The van der Waals surface area contributed by atoms with Crippen molar-refractivity contribution in [3.05, 3.63) is 106 Å². The Morgan fingerprint density at radius 3 is 2.43 bits per heavy atom. The highest BCUT2D eigenvalue weighted by molar-refractivity contribution is 5.94. The van der Waals surface area contributed by atoms with Crippen LogP contribution < -0.4 is 4.74 Å². The Bertz CT molecular complexity index is 1200. The lowest BCUT2D eigenvalue weighted by Gasteiger charge is -2.30. The van der Waals surface area contributed by atoms with Crippen molar-refractivity contribution in [2.75, 3.05) is 33.3 Å². The summed E-state index contributed by atoms with van der Waals surface area (Å²) in [6, 6.07) is 24.5. The third-order valence-corrected chi connectivity index (χ3v) is 6.94. The first-order valence-electron chi connectivity index (χ1n) is 12.8. The highest BCUT2D eigenvalue weighted by Gasteiger charge is 2.36. The zero-order valence-electron chi connectivity index (χ0n) is 21.7. The van der Waals surface area contributed by atoms with E-state index in [2.05, 4.69) is 30.9 Å². The normalized spacial score (nSPS) is 17.6. The molecule has 0 saturated carbocycles. The number of carbonyl (C=O) groups excluding carboxylic acids is 1. The number of hydrogen-bond donors (Lipinski definition) is 0. The minimum atomic E-state index is -0.373. The molecule has 0 aliphatic carbocycles. The lowest BCUT2D eigenvalue weighted by atomic mass is 9.88. The van der Waals surface area contributed by atoms with Crippen molar-refractivity contribution in [2.24, 2.45) is 11.8 Å². The van der Waals surface area contributed by atoms with Gasteiger partial charge in [0.15, 0.2) is 0 Å². The lowest BCUT2D eigenvalue weighted by Crippen LogP contribution is -2.39. The van der Waals surface area contributed by atoms with Crippen LogP contribution in [0.5, 0.6) is 5.75 Å². The Hall–Kier alpha value is -3.71. The van der Waals surface area contributed by atoms with Gasteiger partial charge in [0.05, 0.1) is 12.0 Å². The Kier molecular flexibility index (Phi) is 8.56. The first-order chi connectivity index (χ1) is 17.8. The molecule has 1 aliphatic heterocycles. The van der Waals surface area contributed by atoms with Crippen LogP contribution in [0.4, 0.5) is 5.69 Å². The Morgan fingerprint density at radius 2 is 1.78 bits per heavy atom. The van der Waals surface area contributed by atoms with Crippen molar-refractivity contribution in [1.82, 2.24) is 9.80 Å². The number of ether oxygens (including phenoxy) is 1. The second kappa shape index (κ2) is 12.0. The van der Waals surface area contributed by atoms with Crippen LogP contribution in [0.15, 0.2) is 78.9 Å². The molecule has 37 heavy (non-hydrogen) atoms. The van der Waals surface area contributed by atoms with E-state index in [1.54, 1.807) is 19.2 Å². The summed E-state index contributed by atoms with van der Waals surface area (Å²) >= 11 is 0. The molecule has 0 aromatic heterocycles. The summed E-state index contributed by atoms with van der Waals surface area (Å²) in [6.07, 6.45) is 0. The smallest absolute Gasteiger partial charge is 0.269 e. The first kappa shape index (κ1) is 26.4. The fourth-order valence-corrected chi connectivity index (χ4v) is 5.23. The molecule has 3 aromatic carbocycles. The molecule has 1 amide bonds. The quantitative estimate of drug-likeness (QED) is 0.266. The third-order valence-electron chi connectivity index (χ3n) is 6.94. The van der Waals surface area contributed by atoms with Gasteiger partial charge in [-0.15, -0.1) is 0 Å². The SMILES string of the molecule is COc1cccc(C2CN(Cc3ccc([N+](=O)[O-])cc3)CC2CN(CC(C)C)C(=O)c2ccccc2)c1. The standard InChI is InChI=1S/C30H35N3O4/c1-22(2)17-32(30(34)24-8-5-4-6-9-24)20-26-19-31(18-23-12-14-27(15-13-23)33(35)36)21-29(26)25-10-7-11-28(16-25)37-3/h4-16,22,26,29H,17-21H2,1-3H3. The second-order valence-electron chi connectivity index (χ2n) is 10.2. The number of hydrogen-bond acceptors (Lipinski definition) is 5. The van der Waals surface area contributed by atoms with Crippen LogP contribution in [0.25, 0.3) is 0 Å². The van der Waals surface area contributed by atoms with Crippen molar-refractivity contribution < 1.29 is 14.5 Å². The van der Waals surface area contributed by atoms with Gasteiger partial charge in [0.2, 0.25) is 0 Å². The summed E-state index contributed by atoms with van der Waals surface area (Å²) in [7, 11) is 1.68. The van der Waals surface area contributed by atoms with Gasteiger partial charge in [0.1, 0.15) is 5.75 Å². The van der Waals surface area contributed by atoms with Gasteiger partial charge in [-0.1, -0.05) is 56.3 Å². The molecule has 7 nitrogen and oxygen atoms in total. The number of non-ortho nitro benzene ring substituents is 1. The predicted molar refractivity (Wildman–Crippen MR) is 145 cm³/mol. The number of amides is 1. The van der Waals surface area contributed by atoms with Crippen LogP contribution in [0.1, 0.15) is 41.3 Å². The number of nitrogens with zero attached hydrogens (tertiary/aromatic N) is 3. The van der Waals surface area contributed by atoms with E-state index >= 15 is 0 Å². The number of nitro groups is 1. The minimum absolute atomic E-state index is 0.0625. The monoisotopic (exact) mass is 501 g/mol. The average molecular weight is 502 g/mol. The summed E-state index contributed by atoms with van der Waals surface area (Å²) < 4.78 is 5.50. The summed E-state index contributed by atoms with van der Waals surface area (Å²) in [5, 5.41) is 11.0. The van der Waals surface area contributed by atoms with Crippen molar-refractivity contribution in [3.63, 3.8) is 0 Å². The molecule has 1 aliphatic rings. The van der Waals surface area contributed by atoms with Crippen LogP contribution in [0.2, 0.25) is 0 Å². The molecule has 7 heteroatoms. The van der Waals surface area contributed by atoms with Crippen LogP contribution in [-0.4, -0.2) is 53.9 Å². The van der Waals surface area contributed by atoms with Gasteiger partial charge in [-0.2, -0.15) is 0 Å². The van der Waals surface area contributed by atoms with E-state index in [4.69, 9.17) is 4.74 Å². The largest absolute Gasteiger partial charge is 0.497 e.